The van der Waals surface area contributed by atoms with Crippen LogP contribution >= 0.6 is 0 Å². The predicted octanol–water partition coefficient (Wildman–Crippen LogP) is 5.32. The minimum Gasteiger partial charge on any atom is -0.494 e. The van der Waals surface area contributed by atoms with Gasteiger partial charge in [-0.25, -0.2) is 4.98 Å². The molecule has 0 atom stereocenters. The van der Waals surface area contributed by atoms with Gasteiger partial charge in [0.05, 0.1) is 6.61 Å². The number of pyridine rings is 1. The second-order valence-corrected chi connectivity index (χ2v) is 6.54. The van der Waals surface area contributed by atoms with Crippen LogP contribution in [0.5, 0.6) is 5.75 Å². The van der Waals surface area contributed by atoms with E-state index in [0.717, 1.165) is 35.0 Å². The summed E-state index contributed by atoms with van der Waals surface area (Å²) in [6.45, 7) is 5.48. The molecule has 4 nitrogen and oxygen atoms in total. The Morgan fingerprint density at radius 1 is 1.00 bits per heavy atom. The highest BCUT2D eigenvalue weighted by atomic mass is 16.5. The largest absolute Gasteiger partial charge is 0.494 e. The number of imidazole rings is 1. The number of aryl methyl sites for hydroxylation is 1. The summed E-state index contributed by atoms with van der Waals surface area (Å²) in [5.41, 5.74) is 5.38. The Morgan fingerprint density at radius 2 is 1.78 bits per heavy atom. The third kappa shape index (κ3) is 3.65. The quantitative estimate of drug-likeness (QED) is 0.507. The number of anilines is 1. The lowest BCUT2D eigenvalue weighted by Crippen LogP contribution is -2.03. The Bertz CT molecular complexity index is 1040. The molecular formula is C23H23N3O. The van der Waals surface area contributed by atoms with Crippen molar-refractivity contribution in [1.82, 2.24) is 9.38 Å². The molecule has 0 bridgehead atoms. The maximum absolute atomic E-state index is 5.57. The Labute approximate surface area is 159 Å². The molecule has 0 aliphatic heterocycles. The maximum Gasteiger partial charge on any atom is 0.139 e. The van der Waals surface area contributed by atoms with Crippen LogP contribution in [0.1, 0.15) is 18.1 Å². The Kier molecular flexibility index (Phi) is 4.79. The summed E-state index contributed by atoms with van der Waals surface area (Å²) in [4.78, 5) is 4.89. The third-order valence-corrected chi connectivity index (χ3v) is 4.52. The summed E-state index contributed by atoms with van der Waals surface area (Å²) < 4.78 is 7.68. The van der Waals surface area contributed by atoms with Crippen molar-refractivity contribution in [3.8, 4) is 17.0 Å². The number of fused-ring (bicyclic) bond motifs is 1. The topological polar surface area (TPSA) is 38.6 Å². The molecular weight excluding hydrogens is 334 g/mol. The fourth-order valence-corrected chi connectivity index (χ4v) is 3.17. The Balaban J connectivity index is 1.74. The highest BCUT2D eigenvalue weighted by Gasteiger charge is 2.14. The van der Waals surface area contributed by atoms with E-state index >= 15 is 0 Å². The van der Waals surface area contributed by atoms with Crippen LogP contribution in [-0.4, -0.2) is 16.0 Å². The van der Waals surface area contributed by atoms with E-state index in [1.807, 2.05) is 25.1 Å². The molecule has 0 amide bonds. The molecule has 0 aliphatic carbocycles. The molecule has 1 N–H and O–H groups in total. The van der Waals surface area contributed by atoms with Crippen LogP contribution in [-0.2, 0) is 6.54 Å². The van der Waals surface area contributed by atoms with Crippen LogP contribution in [0.15, 0.2) is 72.9 Å². The molecule has 4 heteroatoms. The number of aromatic nitrogens is 2. The van der Waals surface area contributed by atoms with Gasteiger partial charge in [-0.3, -0.25) is 4.40 Å². The monoisotopic (exact) mass is 357 g/mol. The van der Waals surface area contributed by atoms with E-state index in [-0.39, 0.29) is 0 Å². The van der Waals surface area contributed by atoms with Gasteiger partial charge in [0.25, 0.3) is 0 Å². The summed E-state index contributed by atoms with van der Waals surface area (Å²) in [5.74, 6) is 1.87. The Hall–Kier alpha value is -3.27. The van der Waals surface area contributed by atoms with Crippen LogP contribution < -0.4 is 10.1 Å². The first kappa shape index (κ1) is 17.2. The molecule has 0 fully saturated rings. The van der Waals surface area contributed by atoms with Crippen molar-refractivity contribution >= 4 is 11.5 Å². The number of ether oxygens (including phenoxy) is 1. The van der Waals surface area contributed by atoms with E-state index < -0.39 is 0 Å². The van der Waals surface area contributed by atoms with Crippen molar-refractivity contribution in [2.45, 2.75) is 20.4 Å². The van der Waals surface area contributed by atoms with E-state index in [1.165, 1.54) is 11.1 Å². The zero-order valence-electron chi connectivity index (χ0n) is 15.6. The maximum atomic E-state index is 5.57. The Morgan fingerprint density at radius 3 is 2.52 bits per heavy atom. The summed E-state index contributed by atoms with van der Waals surface area (Å²) in [6, 6.07) is 22.7. The molecule has 2 aromatic heterocycles. The van der Waals surface area contributed by atoms with Crippen molar-refractivity contribution in [3.05, 3.63) is 84.1 Å². The zero-order chi connectivity index (χ0) is 18.6. The fraction of sp³-hybridized carbons (Fsp3) is 0.174. The van der Waals surface area contributed by atoms with Gasteiger partial charge in [-0.15, -0.1) is 0 Å². The van der Waals surface area contributed by atoms with E-state index in [1.54, 1.807) is 0 Å². The van der Waals surface area contributed by atoms with Crippen LogP contribution in [0.3, 0.4) is 0 Å². The van der Waals surface area contributed by atoms with Crippen molar-refractivity contribution < 1.29 is 4.74 Å². The zero-order valence-corrected chi connectivity index (χ0v) is 15.6. The average Bonchev–Trinajstić information content (AvgIpc) is 3.05. The van der Waals surface area contributed by atoms with Gasteiger partial charge in [0.15, 0.2) is 0 Å². The van der Waals surface area contributed by atoms with Gasteiger partial charge in [0, 0.05) is 18.3 Å². The minimum absolute atomic E-state index is 0.664. The van der Waals surface area contributed by atoms with Crippen molar-refractivity contribution in [3.63, 3.8) is 0 Å². The molecule has 0 saturated heterocycles. The number of nitrogens with zero attached hydrogens (tertiary/aromatic N) is 2. The number of hydrogen-bond donors (Lipinski definition) is 1. The molecule has 2 heterocycles. The first-order valence-electron chi connectivity index (χ1n) is 9.24. The van der Waals surface area contributed by atoms with Gasteiger partial charge >= 0.3 is 0 Å². The summed E-state index contributed by atoms with van der Waals surface area (Å²) in [7, 11) is 0. The lowest BCUT2D eigenvalue weighted by atomic mass is 10.1. The smallest absolute Gasteiger partial charge is 0.139 e. The van der Waals surface area contributed by atoms with Crippen molar-refractivity contribution in [2.24, 2.45) is 0 Å². The van der Waals surface area contributed by atoms with Gasteiger partial charge in [-0.05, 0) is 61.4 Å². The second kappa shape index (κ2) is 7.54. The fourth-order valence-electron chi connectivity index (χ4n) is 3.17. The first-order chi connectivity index (χ1) is 13.2. The number of hydrogen-bond acceptors (Lipinski definition) is 3. The molecule has 0 aliphatic rings. The lowest BCUT2D eigenvalue weighted by molar-refractivity contribution is 0.340. The number of rotatable bonds is 6. The van der Waals surface area contributed by atoms with Gasteiger partial charge in [-0.2, -0.15) is 0 Å². The standard InChI is InChI=1S/C23H23N3O/c1-3-27-20-11-9-19(10-12-20)22-23(24-16-18-7-5-4-6-8-18)26-14-13-17(2)15-21(26)25-22/h4-15,24H,3,16H2,1-2H3. The molecule has 4 rings (SSSR count). The average molecular weight is 357 g/mol. The van der Waals surface area contributed by atoms with Crippen LogP contribution in [0, 0.1) is 6.92 Å². The van der Waals surface area contributed by atoms with E-state index in [0.29, 0.717) is 6.61 Å². The minimum atomic E-state index is 0.664. The summed E-state index contributed by atoms with van der Waals surface area (Å²) in [6.07, 6.45) is 2.07. The molecule has 0 saturated carbocycles. The highest BCUT2D eigenvalue weighted by Crippen LogP contribution is 2.30. The normalized spacial score (nSPS) is 10.9. The highest BCUT2D eigenvalue weighted by molar-refractivity contribution is 5.77. The van der Waals surface area contributed by atoms with Gasteiger partial charge in [0.2, 0.25) is 0 Å². The van der Waals surface area contributed by atoms with Crippen molar-refractivity contribution in [2.75, 3.05) is 11.9 Å². The van der Waals surface area contributed by atoms with Gasteiger partial charge in [0.1, 0.15) is 22.9 Å². The van der Waals surface area contributed by atoms with Gasteiger partial charge < -0.3 is 10.1 Å². The second-order valence-electron chi connectivity index (χ2n) is 6.54. The predicted molar refractivity (Wildman–Crippen MR) is 110 cm³/mol. The summed E-state index contributed by atoms with van der Waals surface area (Å²) >= 11 is 0. The lowest BCUT2D eigenvalue weighted by Gasteiger charge is -2.10. The van der Waals surface area contributed by atoms with Crippen LogP contribution in [0.4, 0.5) is 5.82 Å². The number of nitrogens with one attached hydrogen (secondary N) is 1. The first-order valence-corrected chi connectivity index (χ1v) is 9.24. The van der Waals surface area contributed by atoms with E-state index in [2.05, 4.69) is 71.4 Å². The molecule has 27 heavy (non-hydrogen) atoms. The molecule has 2 aromatic carbocycles. The van der Waals surface area contributed by atoms with Crippen molar-refractivity contribution in [1.29, 1.82) is 0 Å². The number of benzene rings is 2. The van der Waals surface area contributed by atoms with E-state index in [4.69, 9.17) is 9.72 Å². The third-order valence-electron chi connectivity index (χ3n) is 4.52. The molecule has 136 valence electrons. The molecule has 0 spiro atoms. The molecule has 0 unspecified atom stereocenters. The van der Waals surface area contributed by atoms with E-state index in [9.17, 15) is 0 Å². The van der Waals surface area contributed by atoms with Crippen LogP contribution in [0.2, 0.25) is 0 Å². The summed E-state index contributed by atoms with van der Waals surface area (Å²) in [5, 5.41) is 3.58. The van der Waals surface area contributed by atoms with Crippen LogP contribution in [0.25, 0.3) is 16.9 Å². The molecule has 0 radical (unpaired) electrons. The SMILES string of the molecule is CCOc1ccc(-c2nc3cc(C)ccn3c2NCc2ccccc2)cc1. The van der Waals surface area contributed by atoms with Gasteiger partial charge in [-0.1, -0.05) is 30.3 Å². The molecule has 4 aromatic rings.